The summed E-state index contributed by atoms with van der Waals surface area (Å²) in [4.78, 5) is 5.07. The predicted molar refractivity (Wildman–Crippen MR) is 159 cm³/mol. The van der Waals surface area contributed by atoms with E-state index in [4.69, 9.17) is 0 Å². The van der Waals surface area contributed by atoms with Crippen molar-refractivity contribution in [2.75, 3.05) is 13.6 Å². The summed E-state index contributed by atoms with van der Waals surface area (Å²) >= 11 is 0. The van der Waals surface area contributed by atoms with Gasteiger partial charge < -0.3 is 9.80 Å². The molecule has 1 unspecified atom stereocenters. The number of hydrogen-bond acceptors (Lipinski definition) is 2. The summed E-state index contributed by atoms with van der Waals surface area (Å²) in [6, 6.07) is 0. The van der Waals surface area contributed by atoms with Crippen LogP contribution in [0.1, 0.15) is 181 Å². The Labute approximate surface area is 222 Å². The van der Waals surface area contributed by atoms with E-state index >= 15 is 0 Å². The summed E-state index contributed by atoms with van der Waals surface area (Å²) in [7, 11) is 2.27. The molecule has 0 radical (unpaired) electrons. The molecule has 0 bridgehead atoms. The lowest BCUT2D eigenvalue weighted by Gasteiger charge is -2.30. The van der Waals surface area contributed by atoms with Crippen molar-refractivity contribution in [1.82, 2.24) is 9.80 Å². The number of hydrogen-bond donors (Lipinski definition) is 0. The normalized spacial score (nSPS) is 15.6. The van der Waals surface area contributed by atoms with Crippen LogP contribution in [0, 0.1) is 0 Å². The molecule has 35 heavy (non-hydrogen) atoms. The third kappa shape index (κ3) is 19.2. The first-order valence-corrected chi connectivity index (χ1v) is 16.5. The van der Waals surface area contributed by atoms with E-state index in [1.807, 2.05) is 0 Å². The molecule has 1 aliphatic rings. The Morgan fingerprint density at radius 3 is 1.17 bits per heavy atom. The van der Waals surface area contributed by atoms with E-state index in [0.717, 1.165) is 0 Å². The molecule has 0 N–H and O–H groups in total. The summed E-state index contributed by atoms with van der Waals surface area (Å²) in [6.45, 7) is 5.86. The lowest BCUT2D eigenvalue weighted by molar-refractivity contribution is 0.159. The van der Waals surface area contributed by atoms with Gasteiger partial charge in [-0.15, -0.1) is 0 Å². The summed E-state index contributed by atoms with van der Waals surface area (Å²) < 4.78 is 0. The van der Waals surface area contributed by atoms with Crippen LogP contribution in [0.15, 0.2) is 12.4 Å². The van der Waals surface area contributed by atoms with Gasteiger partial charge in [0.1, 0.15) is 6.17 Å². The van der Waals surface area contributed by atoms with Gasteiger partial charge in [0.15, 0.2) is 0 Å². The summed E-state index contributed by atoms with van der Waals surface area (Å²) in [5.41, 5.74) is 0. The van der Waals surface area contributed by atoms with Gasteiger partial charge in [-0.05, 0) is 19.3 Å². The molecule has 208 valence electrons. The summed E-state index contributed by atoms with van der Waals surface area (Å²) in [6.07, 6.45) is 42.6. The van der Waals surface area contributed by atoms with Crippen LogP contribution < -0.4 is 0 Å². The quantitative estimate of drug-likeness (QED) is 0.106. The van der Waals surface area contributed by atoms with Gasteiger partial charge in [-0.3, -0.25) is 0 Å². The minimum absolute atomic E-state index is 0.621. The molecule has 2 heteroatoms. The molecule has 0 aliphatic carbocycles. The van der Waals surface area contributed by atoms with Crippen molar-refractivity contribution in [2.24, 2.45) is 0 Å². The largest absolute Gasteiger partial charge is 0.359 e. The van der Waals surface area contributed by atoms with Crippen LogP contribution in [0.2, 0.25) is 0 Å². The molecule has 0 saturated carbocycles. The Balaban J connectivity index is 1.90. The molecule has 0 saturated heterocycles. The van der Waals surface area contributed by atoms with Crippen molar-refractivity contribution in [1.29, 1.82) is 0 Å². The van der Waals surface area contributed by atoms with Crippen LogP contribution in [-0.2, 0) is 0 Å². The second-order valence-corrected chi connectivity index (χ2v) is 11.6. The van der Waals surface area contributed by atoms with Gasteiger partial charge in [0, 0.05) is 26.0 Å². The molecule has 0 aromatic heterocycles. The van der Waals surface area contributed by atoms with E-state index in [-0.39, 0.29) is 0 Å². The average molecular weight is 491 g/mol. The zero-order chi connectivity index (χ0) is 25.2. The maximum atomic E-state index is 2.62. The van der Waals surface area contributed by atoms with Crippen molar-refractivity contribution < 1.29 is 0 Å². The first-order chi connectivity index (χ1) is 17.3. The van der Waals surface area contributed by atoms with E-state index in [2.05, 4.69) is 43.1 Å². The summed E-state index contributed by atoms with van der Waals surface area (Å²) in [5, 5.41) is 0. The molecule has 1 atom stereocenters. The highest BCUT2D eigenvalue weighted by atomic mass is 15.4. The van der Waals surface area contributed by atoms with Crippen molar-refractivity contribution >= 4 is 0 Å². The smallest absolute Gasteiger partial charge is 0.100 e. The molecule has 0 aromatic rings. The third-order valence-corrected chi connectivity index (χ3v) is 8.18. The number of rotatable bonds is 27. The maximum Gasteiger partial charge on any atom is 0.100 e. The molecule has 0 aromatic carbocycles. The van der Waals surface area contributed by atoms with Gasteiger partial charge >= 0.3 is 0 Å². The topological polar surface area (TPSA) is 6.48 Å². The van der Waals surface area contributed by atoms with E-state index in [1.54, 1.807) is 0 Å². The molecule has 1 heterocycles. The fourth-order valence-corrected chi connectivity index (χ4v) is 5.70. The Bertz CT molecular complexity index is 446. The lowest BCUT2D eigenvalue weighted by atomic mass is 10.0. The molecular weight excluding hydrogens is 424 g/mol. The fourth-order valence-electron chi connectivity index (χ4n) is 5.70. The molecule has 1 rings (SSSR count). The Hall–Kier alpha value is -0.660. The summed E-state index contributed by atoms with van der Waals surface area (Å²) in [5.74, 6) is 0. The maximum absolute atomic E-state index is 2.62. The van der Waals surface area contributed by atoms with Crippen LogP contribution in [0.4, 0.5) is 0 Å². The van der Waals surface area contributed by atoms with E-state index < -0.39 is 0 Å². The highest BCUT2D eigenvalue weighted by Gasteiger charge is 2.22. The average Bonchev–Trinajstić information content (AvgIpc) is 3.21. The van der Waals surface area contributed by atoms with Gasteiger partial charge in [0.05, 0.1) is 0 Å². The van der Waals surface area contributed by atoms with Gasteiger partial charge in [0.2, 0.25) is 0 Å². The standard InChI is InChI=1S/C33H66N2/c1-4-6-8-10-12-14-16-18-19-21-23-25-27-29-33-34(3)31-32-35(33)30-28-26-24-22-20-17-15-13-11-9-7-5-2/h31-33H,4-30H2,1-3H3. The van der Waals surface area contributed by atoms with Crippen LogP contribution in [0.5, 0.6) is 0 Å². The lowest BCUT2D eigenvalue weighted by Crippen LogP contribution is -2.37. The SMILES string of the molecule is CCCCCCCCCCCCCCCC1N(C)C=CN1CCCCCCCCCCCCCC. The molecule has 0 spiro atoms. The zero-order valence-corrected chi connectivity index (χ0v) is 24.7. The first kappa shape index (κ1) is 32.4. The second kappa shape index (κ2) is 25.0. The van der Waals surface area contributed by atoms with Gasteiger partial charge in [-0.2, -0.15) is 0 Å². The van der Waals surface area contributed by atoms with Crippen molar-refractivity contribution in [2.45, 2.75) is 187 Å². The van der Waals surface area contributed by atoms with E-state index in [0.29, 0.717) is 6.17 Å². The van der Waals surface area contributed by atoms with Crippen molar-refractivity contribution in [3.63, 3.8) is 0 Å². The van der Waals surface area contributed by atoms with Crippen LogP contribution >= 0.6 is 0 Å². The minimum Gasteiger partial charge on any atom is -0.359 e. The molecular formula is C33H66N2. The fraction of sp³-hybridized carbons (Fsp3) is 0.939. The predicted octanol–water partition coefficient (Wildman–Crippen LogP) is 11.2. The van der Waals surface area contributed by atoms with E-state index in [1.165, 1.54) is 173 Å². The van der Waals surface area contributed by atoms with Gasteiger partial charge in [-0.1, -0.05) is 162 Å². The van der Waals surface area contributed by atoms with Crippen LogP contribution in [-0.4, -0.2) is 29.6 Å². The second-order valence-electron chi connectivity index (χ2n) is 11.6. The highest BCUT2D eigenvalue weighted by molar-refractivity contribution is 4.95. The van der Waals surface area contributed by atoms with E-state index in [9.17, 15) is 0 Å². The first-order valence-electron chi connectivity index (χ1n) is 16.5. The molecule has 0 amide bonds. The Morgan fingerprint density at radius 2 is 0.771 bits per heavy atom. The molecule has 0 fully saturated rings. The minimum atomic E-state index is 0.621. The third-order valence-electron chi connectivity index (χ3n) is 8.18. The molecule has 1 aliphatic heterocycles. The van der Waals surface area contributed by atoms with Crippen molar-refractivity contribution in [3.05, 3.63) is 12.4 Å². The zero-order valence-electron chi connectivity index (χ0n) is 24.7. The Morgan fingerprint density at radius 1 is 0.429 bits per heavy atom. The number of unbranched alkanes of at least 4 members (excludes halogenated alkanes) is 23. The monoisotopic (exact) mass is 491 g/mol. The number of nitrogens with zero attached hydrogens (tertiary/aromatic N) is 2. The van der Waals surface area contributed by atoms with Crippen molar-refractivity contribution in [3.8, 4) is 0 Å². The molecule has 2 nitrogen and oxygen atoms in total. The highest BCUT2D eigenvalue weighted by Crippen LogP contribution is 2.22. The van der Waals surface area contributed by atoms with Gasteiger partial charge in [-0.25, -0.2) is 0 Å². The van der Waals surface area contributed by atoms with Crippen LogP contribution in [0.3, 0.4) is 0 Å². The Kier molecular flexibility index (Phi) is 23.1. The van der Waals surface area contributed by atoms with Gasteiger partial charge in [0.25, 0.3) is 0 Å². The van der Waals surface area contributed by atoms with Crippen LogP contribution in [0.25, 0.3) is 0 Å².